The van der Waals surface area contributed by atoms with Crippen LogP contribution in [-0.4, -0.2) is 8.53 Å². The van der Waals surface area contributed by atoms with Gasteiger partial charge in [0.1, 0.15) is 0 Å². The lowest BCUT2D eigenvalue weighted by Gasteiger charge is -2.29. The summed E-state index contributed by atoms with van der Waals surface area (Å²) < 4.78 is 3.56. The summed E-state index contributed by atoms with van der Waals surface area (Å²) in [5, 5.41) is 0. The number of aromatic nitrogens is 1. The molecule has 0 saturated heterocycles. The third-order valence-electron chi connectivity index (χ3n) is 1.77. The lowest BCUT2D eigenvalue weighted by atomic mass is 10.1. The van der Waals surface area contributed by atoms with Crippen molar-refractivity contribution in [2.45, 2.75) is 21.8 Å². The molecule has 1 aromatic rings. The van der Waals surface area contributed by atoms with Crippen molar-refractivity contribution in [3.8, 4) is 0 Å². The predicted octanol–water partition coefficient (Wildman–Crippen LogP) is 2.39. The van der Waals surface area contributed by atoms with E-state index < -0.39 is 0 Å². The minimum atomic E-state index is 0.177. The minimum Gasteiger partial charge on any atom is -0.263 e. The lowest BCUT2D eigenvalue weighted by molar-refractivity contribution is 0.638. The molecule has 1 atom stereocenters. The summed E-state index contributed by atoms with van der Waals surface area (Å²) in [5.74, 6) is 0. The Bertz CT molecular complexity index is 301. The van der Waals surface area contributed by atoms with E-state index in [-0.39, 0.29) is 3.55 Å². The number of hydrogen-bond acceptors (Lipinski definition) is 3. The zero-order chi connectivity index (χ0) is 8.60. The second-order valence-corrected chi connectivity index (χ2v) is 6.29. The molecule has 0 fully saturated rings. The Morgan fingerprint density at radius 2 is 2.58 bits per heavy atom. The quantitative estimate of drug-likeness (QED) is 0.344. The molecule has 0 spiro atoms. The van der Waals surface area contributed by atoms with E-state index in [0.717, 1.165) is 6.42 Å². The van der Waals surface area contributed by atoms with Gasteiger partial charge in [-0.15, -0.1) is 0 Å². The van der Waals surface area contributed by atoms with Gasteiger partial charge in [-0.3, -0.25) is 4.98 Å². The van der Waals surface area contributed by atoms with Crippen LogP contribution in [0.3, 0.4) is 0 Å². The van der Waals surface area contributed by atoms with Gasteiger partial charge in [0, 0.05) is 23.7 Å². The number of pyridine rings is 1. The number of hydrogen-bond donors (Lipinski definition) is 1. The summed E-state index contributed by atoms with van der Waals surface area (Å²) in [6.45, 7) is 2.20. The van der Waals surface area contributed by atoms with Crippen LogP contribution in [0.4, 0.5) is 0 Å². The molecule has 1 aliphatic heterocycles. The van der Waals surface area contributed by atoms with Gasteiger partial charge in [-0.05, 0) is 30.5 Å². The SMILES string of the molecule is CC1(I)Cc2ccncc2SN1. The summed E-state index contributed by atoms with van der Waals surface area (Å²) in [6, 6.07) is 2.10. The van der Waals surface area contributed by atoms with Crippen LogP contribution < -0.4 is 4.72 Å². The fourth-order valence-corrected chi connectivity index (χ4v) is 2.72. The van der Waals surface area contributed by atoms with Crippen molar-refractivity contribution in [1.29, 1.82) is 0 Å². The van der Waals surface area contributed by atoms with E-state index in [0.29, 0.717) is 0 Å². The molecule has 0 bridgehead atoms. The maximum atomic E-state index is 4.08. The van der Waals surface area contributed by atoms with Crippen molar-refractivity contribution in [2.24, 2.45) is 0 Å². The van der Waals surface area contributed by atoms with Gasteiger partial charge in [0.05, 0.1) is 3.55 Å². The smallest absolute Gasteiger partial charge is 0.0813 e. The zero-order valence-corrected chi connectivity index (χ0v) is 9.65. The molecule has 1 aliphatic rings. The molecule has 1 unspecified atom stereocenters. The number of rotatable bonds is 0. The highest BCUT2D eigenvalue weighted by Crippen LogP contribution is 2.34. The maximum absolute atomic E-state index is 4.08. The van der Waals surface area contributed by atoms with Crippen LogP contribution in [0, 0.1) is 0 Å². The van der Waals surface area contributed by atoms with Crippen LogP contribution in [-0.2, 0) is 6.42 Å². The monoisotopic (exact) mass is 292 g/mol. The number of nitrogens with one attached hydrogen (secondary N) is 1. The fraction of sp³-hybridized carbons (Fsp3) is 0.375. The largest absolute Gasteiger partial charge is 0.263 e. The Morgan fingerprint density at radius 3 is 3.42 bits per heavy atom. The van der Waals surface area contributed by atoms with E-state index in [1.54, 1.807) is 11.9 Å². The standard InChI is InChI=1S/C8H9IN2S/c1-8(9)4-6-2-3-10-5-7(6)12-11-8/h2-3,5,11H,4H2,1H3. The molecule has 2 rings (SSSR count). The fourth-order valence-electron chi connectivity index (χ4n) is 1.20. The number of halogens is 1. The van der Waals surface area contributed by atoms with Crippen molar-refractivity contribution >= 4 is 34.5 Å². The molecule has 0 radical (unpaired) electrons. The normalized spacial score (nSPS) is 28.2. The molecule has 64 valence electrons. The van der Waals surface area contributed by atoms with Crippen LogP contribution in [0.1, 0.15) is 12.5 Å². The van der Waals surface area contributed by atoms with Crippen LogP contribution in [0.5, 0.6) is 0 Å². The van der Waals surface area contributed by atoms with E-state index in [9.17, 15) is 0 Å². The summed E-state index contributed by atoms with van der Waals surface area (Å²) in [6.07, 6.45) is 4.84. The van der Waals surface area contributed by atoms with E-state index in [1.165, 1.54) is 10.5 Å². The first kappa shape index (κ1) is 8.77. The molecule has 1 aromatic heterocycles. The zero-order valence-electron chi connectivity index (χ0n) is 6.67. The summed E-state index contributed by atoms with van der Waals surface area (Å²) in [4.78, 5) is 5.34. The Balaban J connectivity index is 2.35. The van der Waals surface area contributed by atoms with Gasteiger partial charge in [0.25, 0.3) is 0 Å². The highest BCUT2D eigenvalue weighted by molar-refractivity contribution is 14.1. The van der Waals surface area contributed by atoms with E-state index in [1.807, 2.05) is 12.4 Å². The maximum Gasteiger partial charge on any atom is 0.0813 e. The minimum absolute atomic E-state index is 0.177. The van der Waals surface area contributed by atoms with Gasteiger partial charge in [0.15, 0.2) is 0 Å². The first-order valence-electron chi connectivity index (χ1n) is 3.73. The third-order valence-corrected chi connectivity index (χ3v) is 3.92. The van der Waals surface area contributed by atoms with Crippen LogP contribution in [0.25, 0.3) is 0 Å². The third kappa shape index (κ3) is 1.75. The highest BCUT2D eigenvalue weighted by atomic mass is 127. The molecular weight excluding hydrogens is 283 g/mol. The second kappa shape index (κ2) is 3.16. The van der Waals surface area contributed by atoms with Gasteiger partial charge in [-0.1, -0.05) is 22.6 Å². The van der Waals surface area contributed by atoms with E-state index in [4.69, 9.17) is 0 Å². The topological polar surface area (TPSA) is 24.9 Å². The van der Waals surface area contributed by atoms with Crippen LogP contribution in [0.15, 0.2) is 23.4 Å². The highest BCUT2D eigenvalue weighted by Gasteiger charge is 2.26. The molecule has 0 amide bonds. The number of fused-ring (bicyclic) bond motifs is 1. The lowest BCUT2D eigenvalue weighted by Crippen LogP contribution is -2.36. The van der Waals surface area contributed by atoms with Crippen LogP contribution >= 0.6 is 34.5 Å². The predicted molar refractivity (Wildman–Crippen MR) is 59.4 cm³/mol. The Labute approximate surface area is 89.8 Å². The van der Waals surface area contributed by atoms with Gasteiger partial charge >= 0.3 is 0 Å². The first-order chi connectivity index (χ1) is 5.67. The van der Waals surface area contributed by atoms with Gasteiger partial charge in [-0.25, -0.2) is 4.72 Å². The van der Waals surface area contributed by atoms with Crippen molar-refractivity contribution in [3.63, 3.8) is 0 Å². The van der Waals surface area contributed by atoms with Gasteiger partial charge < -0.3 is 0 Å². The summed E-state index contributed by atoms with van der Waals surface area (Å²) in [5.41, 5.74) is 1.39. The molecule has 1 N–H and O–H groups in total. The Hall–Kier alpha value is 0.190. The van der Waals surface area contributed by atoms with E-state index in [2.05, 4.69) is 45.3 Å². The second-order valence-electron chi connectivity index (χ2n) is 3.06. The molecule has 0 aliphatic carbocycles. The number of nitrogens with zero attached hydrogens (tertiary/aromatic N) is 1. The Morgan fingerprint density at radius 1 is 1.75 bits per heavy atom. The molecule has 0 saturated carbocycles. The molecule has 2 heterocycles. The van der Waals surface area contributed by atoms with Gasteiger partial charge in [-0.2, -0.15) is 0 Å². The molecule has 0 aromatic carbocycles. The molecule has 12 heavy (non-hydrogen) atoms. The average Bonchev–Trinajstić information content (AvgIpc) is 2.02. The van der Waals surface area contributed by atoms with Crippen molar-refractivity contribution in [2.75, 3.05) is 0 Å². The van der Waals surface area contributed by atoms with Gasteiger partial charge in [0.2, 0.25) is 0 Å². The molecule has 2 nitrogen and oxygen atoms in total. The summed E-state index contributed by atoms with van der Waals surface area (Å²) >= 11 is 4.11. The Kier molecular flexibility index (Phi) is 2.31. The first-order valence-corrected chi connectivity index (χ1v) is 5.63. The van der Waals surface area contributed by atoms with E-state index >= 15 is 0 Å². The molecule has 4 heteroatoms. The number of alkyl halides is 1. The van der Waals surface area contributed by atoms with Crippen molar-refractivity contribution < 1.29 is 0 Å². The van der Waals surface area contributed by atoms with Crippen molar-refractivity contribution in [1.82, 2.24) is 9.71 Å². The van der Waals surface area contributed by atoms with Crippen molar-refractivity contribution in [3.05, 3.63) is 24.0 Å². The van der Waals surface area contributed by atoms with Crippen LogP contribution in [0.2, 0.25) is 0 Å². The molecular formula is C8H9IN2S. The average molecular weight is 292 g/mol. The summed E-state index contributed by atoms with van der Waals surface area (Å²) in [7, 11) is 0.